The first-order valence-electron chi connectivity index (χ1n) is 8.13. The molecule has 0 bridgehead atoms. The molecule has 2 N–H and O–H groups in total. The molecule has 2 aromatic heterocycles. The molecule has 132 valence electrons. The Balaban J connectivity index is 1.89. The Kier molecular flexibility index (Phi) is 5.02. The summed E-state index contributed by atoms with van der Waals surface area (Å²) >= 11 is 0. The standard InChI is InChI=1S/C18H17N5O3/c1-2-11-23-18(26)13-8-4-3-7-12(13)15(22-23)17(25)21-20-16(24)14-9-5-6-10-19-14/h3-10H,2,11H2,1H3,(H,20,24)(H,21,25). The average molecular weight is 351 g/mol. The molecule has 26 heavy (non-hydrogen) atoms. The number of aryl methyl sites for hydroxylation is 1. The Morgan fingerprint density at radius 2 is 1.69 bits per heavy atom. The fourth-order valence-electron chi connectivity index (χ4n) is 2.50. The second kappa shape index (κ2) is 7.56. The molecule has 0 saturated heterocycles. The van der Waals surface area contributed by atoms with Crippen molar-refractivity contribution in [1.82, 2.24) is 25.6 Å². The summed E-state index contributed by atoms with van der Waals surface area (Å²) in [4.78, 5) is 40.9. The van der Waals surface area contributed by atoms with Crippen LogP contribution in [0.15, 0.2) is 53.5 Å². The predicted molar refractivity (Wildman–Crippen MR) is 95.5 cm³/mol. The molecule has 0 fully saturated rings. The van der Waals surface area contributed by atoms with E-state index in [0.29, 0.717) is 23.7 Å². The summed E-state index contributed by atoms with van der Waals surface area (Å²) in [6, 6.07) is 11.6. The van der Waals surface area contributed by atoms with Crippen molar-refractivity contribution in [3.63, 3.8) is 0 Å². The van der Waals surface area contributed by atoms with E-state index in [1.54, 1.807) is 36.4 Å². The number of hydrazine groups is 1. The third-order valence-electron chi connectivity index (χ3n) is 3.71. The Labute approximate surface area is 148 Å². The van der Waals surface area contributed by atoms with Gasteiger partial charge in [0.05, 0.1) is 5.39 Å². The van der Waals surface area contributed by atoms with E-state index < -0.39 is 11.8 Å². The molecule has 3 rings (SSSR count). The van der Waals surface area contributed by atoms with E-state index in [0.717, 1.165) is 0 Å². The van der Waals surface area contributed by atoms with Gasteiger partial charge in [-0.15, -0.1) is 0 Å². The van der Waals surface area contributed by atoms with Crippen LogP contribution in [-0.2, 0) is 6.54 Å². The summed E-state index contributed by atoms with van der Waals surface area (Å²) in [5, 5.41) is 4.99. The first-order chi connectivity index (χ1) is 12.6. The van der Waals surface area contributed by atoms with E-state index in [-0.39, 0.29) is 16.9 Å². The van der Waals surface area contributed by atoms with E-state index in [4.69, 9.17) is 0 Å². The second-order valence-electron chi connectivity index (χ2n) is 5.55. The third kappa shape index (κ3) is 3.44. The van der Waals surface area contributed by atoms with Crippen LogP contribution in [0.4, 0.5) is 0 Å². The fraction of sp³-hybridized carbons (Fsp3) is 0.167. The SMILES string of the molecule is CCCn1nc(C(=O)NNC(=O)c2ccccn2)c2ccccc2c1=O. The number of benzene rings is 1. The number of carbonyl (C=O) groups is 2. The van der Waals surface area contributed by atoms with Gasteiger partial charge in [0.15, 0.2) is 5.69 Å². The van der Waals surface area contributed by atoms with Crippen molar-refractivity contribution in [3.8, 4) is 0 Å². The van der Waals surface area contributed by atoms with Crippen LogP contribution in [0, 0.1) is 0 Å². The second-order valence-corrected chi connectivity index (χ2v) is 5.55. The molecule has 0 saturated carbocycles. The normalized spacial score (nSPS) is 10.5. The average Bonchev–Trinajstić information content (AvgIpc) is 2.69. The Hall–Kier alpha value is -3.55. The highest BCUT2D eigenvalue weighted by Crippen LogP contribution is 2.13. The molecule has 0 radical (unpaired) electrons. The topological polar surface area (TPSA) is 106 Å². The molecule has 3 aromatic rings. The molecule has 0 aliphatic heterocycles. The number of hydrogen-bond donors (Lipinski definition) is 2. The van der Waals surface area contributed by atoms with Gasteiger partial charge in [-0.1, -0.05) is 31.2 Å². The third-order valence-corrected chi connectivity index (χ3v) is 3.71. The zero-order chi connectivity index (χ0) is 18.5. The van der Waals surface area contributed by atoms with Crippen LogP contribution < -0.4 is 16.4 Å². The summed E-state index contributed by atoms with van der Waals surface area (Å²) in [5.41, 5.74) is 4.60. The number of nitrogens with zero attached hydrogens (tertiary/aromatic N) is 3. The minimum Gasteiger partial charge on any atom is -0.267 e. The monoisotopic (exact) mass is 351 g/mol. The number of amides is 2. The van der Waals surface area contributed by atoms with E-state index in [1.165, 1.54) is 16.9 Å². The van der Waals surface area contributed by atoms with Crippen LogP contribution in [0.1, 0.15) is 34.3 Å². The molecule has 0 spiro atoms. The minimum atomic E-state index is -0.615. The number of rotatable bonds is 4. The van der Waals surface area contributed by atoms with Crippen molar-refractivity contribution in [3.05, 3.63) is 70.4 Å². The molecular weight excluding hydrogens is 334 g/mol. The van der Waals surface area contributed by atoms with Gasteiger partial charge < -0.3 is 0 Å². The molecule has 2 heterocycles. The van der Waals surface area contributed by atoms with Gasteiger partial charge in [-0.05, 0) is 24.6 Å². The Morgan fingerprint density at radius 3 is 2.38 bits per heavy atom. The number of aromatic nitrogens is 3. The number of carbonyl (C=O) groups excluding carboxylic acids is 2. The predicted octanol–water partition coefficient (Wildman–Crippen LogP) is 1.28. The minimum absolute atomic E-state index is 0.0648. The van der Waals surface area contributed by atoms with Crippen molar-refractivity contribution >= 4 is 22.6 Å². The van der Waals surface area contributed by atoms with Crippen LogP contribution in [0.3, 0.4) is 0 Å². The fourth-order valence-corrected chi connectivity index (χ4v) is 2.50. The van der Waals surface area contributed by atoms with E-state index in [1.807, 2.05) is 6.92 Å². The zero-order valence-electron chi connectivity index (χ0n) is 14.1. The van der Waals surface area contributed by atoms with Crippen molar-refractivity contribution in [2.75, 3.05) is 0 Å². The highest BCUT2D eigenvalue weighted by atomic mass is 16.2. The maximum atomic E-state index is 12.5. The Bertz CT molecular complexity index is 1010. The van der Waals surface area contributed by atoms with Gasteiger partial charge in [0, 0.05) is 18.1 Å². The van der Waals surface area contributed by atoms with Crippen LogP contribution in [-0.4, -0.2) is 26.6 Å². The maximum absolute atomic E-state index is 12.5. The van der Waals surface area contributed by atoms with Gasteiger partial charge in [-0.3, -0.25) is 30.2 Å². The molecular formula is C18H17N5O3. The molecule has 1 aromatic carbocycles. The van der Waals surface area contributed by atoms with E-state index in [9.17, 15) is 14.4 Å². The first-order valence-corrected chi connectivity index (χ1v) is 8.13. The van der Waals surface area contributed by atoms with Gasteiger partial charge in [-0.25, -0.2) is 4.68 Å². The van der Waals surface area contributed by atoms with Crippen LogP contribution >= 0.6 is 0 Å². The quantitative estimate of drug-likeness (QED) is 0.689. The van der Waals surface area contributed by atoms with Crippen LogP contribution in [0.25, 0.3) is 10.8 Å². The lowest BCUT2D eigenvalue weighted by molar-refractivity contribution is 0.0841. The Morgan fingerprint density at radius 1 is 1.00 bits per heavy atom. The summed E-state index contributed by atoms with van der Waals surface area (Å²) in [7, 11) is 0. The van der Waals surface area contributed by atoms with Gasteiger partial charge in [0.1, 0.15) is 5.69 Å². The van der Waals surface area contributed by atoms with Crippen molar-refractivity contribution in [2.45, 2.75) is 19.9 Å². The summed E-state index contributed by atoms with van der Waals surface area (Å²) in [6.07, 6.45) is 2.18. The van der Waals surface area contributed by atoms with Crippen LogP contribution in [0.5, 0.6) is 0 Å². The molecule has 0 aliphatic carbocycles. The highest BCUT2D eigenvalue weighted by molar-refractivity contribution is 6.05. The number of fused-ring (bicyclic) bond motifs is 1. The molecule has 0 unspecified atom stereocenters. The van der Waals surface area contributed by atoms with Gasteiger partial charge in [-0.2, -0.15) is 5.10 Å². The lowest BCUT2D eigenvalue weighted by atomic mass is 10.1. The first kappa shape index (κ1) is 17.3. The smallest absolute Gasteiger partial charge is 0.267 e. The van der Waals surface area contributed by atoms with Gasteiger partial charge >= 0.3 is 0 Å². The van der Waals surface area contributed by atoms with Crippen molar-refractivity contribution < 1.29 is 9.59 Å². The highest BCUT2D eigenvalue weighted by Gasteiger charge is 2.17. The number of hydrogen-bond acceptors (Lipinski definition) is 5. The van der Waals surface area contributed by atoms with Gasteiger partial charge in [0.2, 0.25) is 0 Å². The number of pyridine rings is 1. The zero-order valence-corrected chi connectivity index (χ0v) is 14.1. The van der Waals surface area contributed by atoms with Crippen molar-refractivity contribution in [2.24, 2.45) is 0 Å². The summed E-state index contributed by atoms with van der Waals surface area (Å²) < 4.78 is 1.26. The van der Waals surface area contributed by atoms with E-state index >= 15 is 0 Å². The molecule has 2 amide bonds. The molecule has 8 nitrogen and oxygen atoms in total. The summed E-state index contributed by atoms with van der Waals surface area (Å²) in [5.74, 6) is -1.17. The lowest BCUT2D eigenvalue weighted by Gasteiger charge is -2.11. The van der Waals surface area contributed by atoms with Gasteiger partial charge in [0.25, 0.3) is 17.4 Å². The number of nitrogens with one attached hydrogen (secondary N) is 2. The van der Waals surface area contributed by atoms with E-state index in [2.05, 4.69) is 20.9 Å². The maximum Gasteiger partial charge on any atom is 0.290 e. The van der Waals surface area contributed by atoms with Crippen LogP contribution in [0.2, 0.25) is 0 Å². The molecule has 0 atom stereocenters. The molecule has 0 aliphatic rings. The van der Waals surface area contributed by atoms with Crippen molar-refractivity contribution in [1.29, 1.82) is 0 Å². The lowest BCUT2D eigenvalue weighted by Crippen LogP contribution is -2.43. The summed E-state index contributed by atoms with van der Waals surface area (Å²) in [6.45, 7) is 2.31. The largest absolute Gasteiger partial charge is 0.290 e. The molecule has 8 heteroatoms.